The Morgan fingerprint density at radius 3 is 2.56 bits per heavy atom. The number of nitrogens with zero attached hydrogens (tertiary/aromatic N) is 1. The molecule has 4 nitrogen and oxygen atoms in total. The van der Waals surface area contributed by atoms with Crippen LogP contribution in [0.25, 0.3) is 0 Å². The number of hydrogen-bond donors (Lipinski definition) is 1. The zero-order valence-electron chi connectivity index (χ0n) is 10.8. The van der Waals surface area contributed by atoms with Crippen molar-refractivity contribution in [3.63, 3.8) is 0 Å². The fourth-order valence-electron chi connectivity index (χ4n) is 2.03. The minimum atomic E-state index is -0.813. The van der Waals surface area contributed by atoms with Crippen molar-refractivity contribution < 1.29 is 9.53 Å². The molecule has 0 heterocycles. The van der Waals surface area contributed by atoms with Crippen LogP contribution >= 0.6 is 0 Å². The number of carbonyl (C=O) groups excluding carboxylic acids is 1. The lowest BCUT2D eigenvalue weighted by Crippen LogP contribution is -2.58. The third kappa shape index (κ3) is 2.74. The summed E-state index contributed by atoms with van der Waals surface area (Å²) in [6.45, 7) is 4.86. The topological polar surface area (TPSA) is 55.6 Å². The summed E-state index contributed by atoms with van der Waals surface area (Å²) in [6, 6.07) is 0.436. The van der Waals surface area contributed by atoms with E-state index in [-0.39, 0.29) is 5.97 Å². The lowest BCUT2D eigenvalue weighted by atomic mass is 9.93. The molecule has 4 heteroatoms. The van der Waals surface area contributed by atoms with E-state index in [0.717, 1.165) is 19.3 Å². The number of ether oxygens (including phenoxy) is 1. The molecule has 2 atom stereocenters. The number of rotatable bonds is 6. The molecular weight excluding hydrogens is 204 g/mol. The van der Waals surface area contributed by atoms with Gasteiger partial charge in [0, 0.05) is 12.6 Å². The molecular formula is C12H24N2O2. The molecule has 16 heavy (non-hydrogen) atoms. The van der Waals surface area contributed by atoms with Crippen molar-refractivity contribution >= 4 is 5.97 Å². The van der Waals surface area contributed by atoms with E-state index in [9.17, 15) is 4.79 Å². The van der Waals surface area contributed by atoms with Crippen molar-refractivity contribution in [2.24, 2.45) is 11.7 Å². The zero-order valence-corrected chi connectivity index (χ0v) is 10.8. The van der Waals surface area contributed by atoms with Gasteiger partial charge in [0.15, 0.2) is 0 Å². The molecule has 94 valence electrons. The Morgan fingerprint density at radius 1 is 1.62 bits per heavy atom. The second kappa shape index (κ2) is 5.15. The second-order valence-corrected chi connectivity index (χ2v) is 4.98. The van der Waals surface area contributed by atoms with Crippen LogP contribution in [-0.4, -0.2) is 43.2 Å². The third-order valence-corrected chi connectivity index (χ3v) is 3.73. The maximum atomic E-state index is 11.8. The number of esters is 1. The smallest absolute Gasteiger partial charge is 0.327 e. The van der Waals surface area contributed by atoms with Gasteiger partial charge >= 0.3 is 5.97 Å². The van der Waals surface area contributed by atoms with Gasteiger partial charge in [0.2, 0.25) is 0 Å². The average Bonchev–Trinajstić information content (AvgIpc) is 3.10. The van der Waals surface area contributed by atoms with Crippen LogP contribution in [0.5, 0.6) is 0 Å². The first-order valence-electron chi connectivity index (χ1n) is 6.03. The van der Waals surface area contributed by atoms with Crippen LogP contribution in [0, 0.1) is 5.92 Å². The number of nitrogens with two attached hydrogens (primary N) is 1. The first-order chi connectivity index (χ1) is 7.45. The van der Waals surface area contributed by atoms with Crippen molar-refractivity contribution in [1.29, 1.82) is 0 Å². The highest BCUT2D eigenvalue weighted by atomic mass is 16.5. The summed E-state index contributed by atoms with van der Waals surface area (Å²) in [6.07, 6.45) is 3.14. The van der Waals surface area contributed by atoms with Crippen LogP contribution in [0.4, 0.5) is 0 Å². The van der Waals surface area contributed by atoms with Crippen LogP contribution < -0.4 is 5.73 Å². The van der Waals surface area contributed by atoms with Gasteiger partial charge in [-0.3, -0.25) is 4.79 Å². The Bertz CT molecular complexity index is 253. The van der Waals surface area contributed by atoms with Gasteiger partial charge in [0.1, 0.15) is 5.54 Å². The summed E-state index contributed by atoms with van der Waals surface area (Å²) in [7, 11) is 3.43. The van der Waals surface area contributed by atoms with Crippen molar-refractivity contribution in [2.45, 2.75) is 44.7 Å². The molecule has 0 aromatic carbocycles. The Labute approximate surface area is 98.1 Å². The van der Waals surface area contributed by atoms with Gasteiger partial charge in [-0.15, -0.1) is 0 Å². The number of carbonyl (C=O) groups is 1. The van der Waals surface area contributed by atoms with Crippen molar-refractivity contribution in [1.82, 2.24) is 4.90 Å². The van der Waals surface area contributed by atoms with Crippen LogP contribution in [-0.2, 0) is 9.53 Å². The third-order valence-electron chi connectivity index (χ3n) is 3.73. The van der Waals surface area contributed by atoms with Crippen molar-refractivity contribution in [2.75, 3.05) is 20.7 Å². The fraction of sp³-hybridized carbons (Fsp3) is 0.917. The van der Waals surface area contributed by atoms with Gasteiger partial charge in [-0.2, -0.15) is 0 Å². The highest BCUT2D eigenvalue weighted by Gasteiger charge is 2.49. The molecule has 0 aliphatic heterocycles. The van der Waals surface area contributed by atoms with Gasteiger partial charge < -0.3 is 15.4 Å². The molecule has 2 unspecified atom stereocenters. The lowest BCUT2D eigenvalue weighted by Gasteiger charge is -2.34. The highest BCUT2D eigenvalue weighted by Crippen LogP contribution is 2.39. The summed E-state index contributed by atoms with van der Waals surface area (Å²) >= 11 is 0. The summed E-state index contributed by atoms with van der Waals surface area (Å²) in [4.78, 5) is 13.9. The van der Waals surface area contributed by atoms with Gasteiger partial charge in [-0.25, -0.2) is 0 Å². The Balaban J connectivity index is 2.67. The molecule has 0 spiro atoms. The normalized spacial score (nSPS) is 21.6. The predicted octanol–water partition coefficient (Wildman–Crippen LogP) is 0.997. The zero-order chi connectivity index (χ0) is 12.3. The molecule has 0 aromatic heterocycles. The summed E-state index contributed by atoms with van der Waals surface area (Å²) in [5.74, 6) is 0.0246. The standard InChI is InChI=1S/C12H24N2O2/c1-5-9(2)14(3)8-12(13,10-6-7-10)11(15)16-4/h9-10H,5-8,13H2,1-4H3. The van der Waals surface area contributed by atoms with Crippen molar-refractivity contribution in [3.8, 4) is 0 Å². The van der Waals surface area contributed by atoms with Crippen LogP contribution in [0.1, 0.15) is 33.1 Å². The summed E-state index contributed by atoms with van der Waals surface area (Å²) in [5, 5.41) is 0. The molecule has 1 aliphatic carbocycles. The van der Waals surface area contributed by atoms with E-state index in [2.05, 4.69) is 18.7 Å². The molecule has 1 fully saturated rings. The van der Waals surface area contributed by atoms with E-state index in [1.807, 2.05) is 7.05 Å². The van der Waals surface area contributed by atoms with E-state index in [0.29, 0.717) is 18.5 Å². The summed E-state index contributed by atoms with van der Waals surface area (Å²) < 4.78 is 4.84. The Hall–Kier alpha value is -0.610. The van der Waals surface area contributed by atoms with E-state index >= 15 is 0 Å². The van der Waals surface area contributed by atoms with Crippen LogP contribution in [0.15, 0.2) is 0 Å². The first-order valence-corrected chi connectivity index (χ1v) is 6.03. The SMILES string of the molecule is CCC(C)N(C)CC(N)(C(=O)OC)C1CC1. The molecule has 1 rings (SSSR count). The van der Waals surface area contributed by atoms with E-state index in [1.165, 1.54) is 7.11 Å². The van der Waals surface area contributed by atoms with Gasteiger partial charge in [0.25, 0.3) is 0 Å². The molecule has 0 saturated heterocycles. The maximum absolute atomic E-state index is 11.8. The minimum Gasteiger partial charge on any atom is -0.468 e. The monoisotopic (exact) mass is 228 g/mol. The maximum Gasteiger partial charge on any atom is 0.327 e. The predicted molar refractivity (Wildman–Crippen MR) is 64.0 cm³/mol. The molecule has 0 amide bonds. The molecule has 2 N–H and O–H groups in total. The molecule has 0 aromatic rings. The Kier molecular flexibility index (Phi) is 4.33. The molecule has 0 radical (unpaired) electrons. The fourth-order valence-corrected chi connectivity index (χ4v) is 2.03. The summed E-state index contributed by atoms with van der Waals surface area (Å²) in [5.41, 5.74) is 5.42. The minimum absolute atomic E-state index is 0.273. The van der Waals surface area contributed by atoms with E-state index in [1.54, 1.807) is 0 Å². The van der Waals surface area contributed by atoms with Gasteiger partial charge in [0.05, 0.1) is 7.11 Å². The second-order valence-electron chi connectivity index (χ2n) is 4.98. The number of likely N-dealkylation sites (N-methyl/N-ethyl adjacent to an activating group) is 1. The van der Waals surface area contributed by atoms with Crippen LogP contribution in [0.3, 0.4) is 0 Å². The number of methoxy groups -OCH3 is 1. The van der Waals surface area contributed by atoms with E-state index < -0.39 is 5.54 Å². The number of hydrogen-bond acceptors (Lipinski definition) is 4. The molecule has 1 saturated carbocycles. The van der Waals surface area contributed by atoms with E-state index in [4.69, 9.17) is 10.5 Å². The largest absolute Gasteiger partial charge is 0.468 e. The first kappa shape index (κ1) is 13.5. The van der Waals surface area contributed by atoms with Gasteiger partial charge in [-0.05, 0) is 39.2 Å². The Morgan fingerprint density at radius 2 is 2.19 bits per heavy atom. The molecule has 1 aliphatic rings. The lowest BCUT2D eigenvalue weighted by molar-refractivity contribution is -0.149. The highest BCUT2D eigenvalue weighted by molar-refractivity contribution is 5.81. The van der Waals surface area contributed by atoms with Gasteiger partial charge in [-0.1, -0.05) is 6.92 Å². The van der Waals surface area contributed by atoms with Crippen LogP contribution in [0.2, 0.25) is 0 Å². The molecule has 0 bridgehead atoms. The quantitative estimate of drug-likeness (QED) is 0.689. The van der Waals surface area contributed by atoms with Crippen molar-refractivity contribution in [3.05, 3.63) is 0 Å². The average molecular weight is 228 g/mol.